The van der Waals surface area contributed by atoms with E-state index in [1.165, 1.54) is 12.1 Å². The molecule has 0 bridgehead atoms. The van der Waals surface area contributed by atoms with Crippen molar-refractivity contribution in [2.45, 2.75) is 26.4 Å². The fourth-order valence-electron chi connectivity index (χ4n) is 1.79. The van der Waals surface area contributed by atoms with Crippen molar-refractivity contribution in [2.75, 3.05) is 0 Å². The zero-order chi connectivity index (χ0) is 12.3. The molecule has 90 valence electrons. The number of benzene rings is 1. The molecule has 0 saturated carbocycles. The largest absolute Gasteiger partial charge is 0.324 e. The highest BCUT2D eigenvalue weighted by Gasteiger charge is 2.12. The third-order valence-corrected chi connectivity index (χ3v) is 2.54. The maximum absolute atomic E-state index is 13.2. The molecule has 2 N–H and O–H groups in total. The van der Waals surface area contributed by atoms with Gasteiger partial charge in [-0.1, -0.05) is 19.1 Å². The molecule has 0 aliphatic carbocycles. The van der Waals surface area contributed by atoms with Crippen LogP contribution in [-0.2, 0) is 13.1 Å². The molecule has 0 amide bonds. The Kier molecular flexibility index (Phi) is 3.49. The third kappa shape index (κ3) is 2.34. The fourth-order valence-corrected chi connectivity index (χ4v) is 1.79. The summed E-state index contributed by atoms with van der Waals surface area (Å²) in [6, 6.07) is 6.35. The van der Waals surface area contributed by atoms with Gasteiger partial charge in [-0.2, -0.15) is 0 Å². The van der Waals surface area contributed by atoms with Crippen molar-refractivity contribution in [1.82, 2.24) is 14.8 Å². The fraction of sp³-hybridized carbons (Fsp3) is 0.333. The minimum Gasteiger partial charge on any atom is -0.324 e. The van der Waals surface area contributed by atoms with E-state index in [0.717, 1.165) is 24.4 Å². The van der Waals surface area contributed by atoms with Gasteiger partial charge in [0.05, 0.1) is 6.54 Å². The Morgan fingerprint density at radius 2 is 2.18 bits per heavy atom. The van der Waals surface area contributed by atoms with E-state index in [2.05, 4.69) is 17.1 Å². The molecule has 0 saturated heterocycles. The van der Waals surface area contributed by atoms with Gasteiger partial charge in [0, 0.05) is 12.1 Å². The SMILES string of the molecule is CCCn1c(CN)nnc1-c1cccc(F)c1. The van der Waals surface area contributed by atoms with E-state index < -0.39 is 0 Å². The predicted octanol–water partition coefficient (Wildman–Crippen LogP) is 1.95. The molecular formula is C12H15FN4. The van der Waals surface area contributed by atoms with E-state index in [4.69, 9.17) is 5.73 Å². The topological polar surface area (TPSA) is 56.7 Å². The van der Waals surface area contributed by atoms with Crippen molar-refractivity contribution in [1.29, 1.82) is 0 Å². The van der Waals surface area contributed by atoms with Gasteiger partial charge in [-0.3, -0.25) is 0 Å². The molecular weight excluding hydrogens is 219 g/mol. The summed E-state index contributed by atoms with van der Waals surface area (Å²) >= 11 is 0. The molecule has 0 atom stereocenters. The molecule has 1 aromatic carbocycles. The van der Waals surface area contributed by atoms with Gasteiger partial charge in [-0.15, -0.1) is 10.2 Å². The summed E-state index contributed by atoms with van der Waals surface area (Å²) in [5, 5.41) is 8.11. The summed E-state index contributed by atoms with van der Waals surface area (Å²) < 4.78 is 15.1. The monoisotopic (exact) mass is 234 g/mol. The van der Waals surface area contributed by atoms with E-state index in [0.29, 0.717) is 12.4 Å². The Morgan fingerprint density at radius 1 is 1.35 bits per heavy atom. The first kappa shape index (κ1) is 11.7. The average molecular weight is 234 g/mol. The molecule has 17 heavy (non-hydrogen) atoms. The Hall–Kier alpha value is -1.75. The van der Waals surface area contributed by atoms with Gasteiger partial charge in [0.1, 0.15) is 11.6 Å². The van der Waals surface area contributed by atoms with E-state index >= 15 is 0 Å². The predicted molar refractivity (Wildman–Crippen MR) is 63.6 cm³/mol. The number of rotatable bonds is 4. The maximum Gasteiger partial charge on any atom is 0.164 e. The summed E-state index contributed by atoms with van der Waals surface area (Å²) in [4.78, 5) is 0. The van der Waals surface area contributed by atoms with Crippen LogP contribution in [0.15, 0.2) is 24.3 Å². The highest BCUT2D eigenvalue weighted by Crippen LogP contribution is 2.19. The second kappa shape index (κ2) is 5.05. The van der Waals surface area contributed by atoms with Crippen molar-refractivity contribution >= 4 is 0 Å². The zero-order valence-corrected chi connectivity index (χ0v) is 9.73. The smallest absolute Gasteiger partial charge is 0.164 e. The average Bonchev–Trinajstić information content (AvgIpc) is 2.72. The summed E-state index contributed by atoms with van der Waals surface area (Å²) in [7, 11) is 0. The van der Waals surface area contributed by atoms with Crippen LogP contribution < -0.4 is 5.73 Å². The van der Waals surface area contributed by atoms with Crippen molar-refractivity contribution in [3.05, 3.63) is 35.9 Å². The van der Waals surface area contributed by atoms with E-state index in [1.807, 2.05) is 10.6 Å². The molecule has 1 heterocycles. The van der Waals surface area contributed by atoms with Gasteiger partial charge < -0.3 is 10.3 Å². The summed E-state index contributed by atoms with van der Waals surface area (Å²) in [5.41, 5.74) is 6.33. The molecule has 5 heteroatoms. The Bertz CT molecular complexity index is 507. The second-order valence-corrected chi connectivity index (χ2v) is 3.81. The van der Waals surface area contributed by atoms with Gasteiger partial charge in [0.15, 0.2) is 5.82 Å². The molecule has 0 aliphatic rings. The van der Waals surface area contributed by atoms with Crippen LogP contribution in [0.25, 0.3) is 11.4 Å². The van der Waals surface area contributed by atoms with Crippen molar-refractivity contribution in [3.8, 4) is 11.4 Å². The summed E-state index contributed by atoms with van der Waals surface area (Å²) in [5.74, 6) is 1.13. The molecule has 0 spiro atoms. The molecule has 2 aromatic rings. The Labute approximate surface area is 99.3 Å². The van der Waals surface area contributed by atoms with Crippen LogP contribution in [0, 0.1) is 5.82 Å². The quantitative estimate of drug-likeness (QED) is 0.879. The van der Waals surface area contributed by atoms with Crippen molar-refractivity contribution < 1.29 is 4.39 Å². The minimum atomic E-state index is -0.275. The van der Waals surface area contributed by atoms with Gasteiger partial charge in [-0.05, 0) is 18.6 Å². The van der Waals surface area contributed by atoms with Gasteiger partial charge in [0.25, 0.3) is 0 Å². The van der Waals surface area contributed by atoms with E-state index in [1.54, 1.807) is 6.07 Å². The van der Waals surface area contributed by atoms with Gasteiger partial charge in [0.2, 0.25) is 0 Å². The Morgan fingerprint density at radius 3 is 2.82 bits per heavy atom. The highest BCUT2D eigenvalue weighted by atomic mass is 19.1. The molecule has 1 aromatic heterocycles. The zero-order valence-electron chi connectivity index (χ0n) is 9.73. The van der Waals surface area contributed by atoms with Crippen LogP contribution in [0.4, 0.5) is 4.39 Å². The number of nitrogens with zero attached hydrogens (tertiary/aromatic N) is 3. The summed E-state index contributed by atoms with van der Waals surface area (Å²) in [6.45, 7) is 3.18. The molecule has 0 radical (unpaired) electrons. The third-order valence-electron chi connectivity index (χ3n) is 2.54. The van der Waals surface area contributed by atoms with Gasteiger partial charge in [-0.25, -0.2) is 4.39 Å². The lowest BCUT2D eigenvalue weighted by atomic mass is 10.2. The molecule has 0 unspecified atom stereocenters. The first-order valence-electron chi connectivity index (χ1n) is 5.64. The highest BCUT2D eigenvalue weighted by molar-refractivity contribution is 5.55. The minimum absolute atomic E-state index is 0.275. The van der Waals surface area contributed by atoms with E-state index in [-0.39, 0.29) is 5.82 Å². The summed E-state index contributed by atoms with van der Waals surface area (Å²) in [6.07, 6.45) is 0.952. The van der Waals surface area contributed by atoms with Crippen LogP contribution in [0.3, 0.4) is 0 Å². The second-order valence-electron chi connectivity index (χ2n) is 3.81. The number of hydrogen-bond acceptors (Lipinski definition) is 3. The van der Waals surface area contributed by atoms with Gasteiger partial charge >= 0.3 is 0 Å². The number of hydrogen-bond donors (Lipinski definition) is 1. The van der Waals surface area contributed by atoms with Crippen LogP contribution in [-0.4, -0.2) is 14.8 Å². The molecule has 0 aliphatic heterocycles. The standard InChI is InChI=1S/C12H15FN4/c1-2-6-17-11(8-14)15-16-12(17)9-4-3-5-10(13)7-9/h3-5,7H,2,6,8,14H2,1H3. The van der Waals surface area contributed by atoms with Crippen LogP contribution in [0.2, 0.25) is 0 Å². The molecule has 0 fully saturated rings. The lowest BCUT2D eigenvalue weighted by molar-refractivity contribution is 0.626. The number of aromatic nitrogens is 3. The number of nitrogens with two attached hydrogens (primary N) is 1. The van der Waals surface area contributed by atoms with Crippen molar-refractivity contribution in [3.63, 3.8) is 0 Å². The van der Waals surface area contributed by atoms with Crippen LogP contribution >= 0.6 is 0 Å². The maximum atomic E-state index is 13.2. The lowest BCUT2D eigenvalue weighted by Gasteiger charge is -2.07. The normalized spacial score (nSPS) is 10.8. The van der Waals surface area contributed by atoms with Crippen molar-refractivity contribution in [2.24, 2.45) is 5.73 Å². The molecule has 2 rings (SSSR count). The first-order chi connectivity index (χ1) is 8.26. The van der Waals surface area contributed by atoms with Crippen LogP contribution in [0.5, 0.6) is 0 Å². The molecule has 4 nitrogen and oxygen atoms in total. The Balaban J connectivity index is 2.47. The lowest BCUT2D eigenvalue weighted by Crippen LogP contribution is -2.09. The van der Waals surface area contributed by atoms with Crippen LogP contribution in [0.1, 0.15) is 19.2 Å². The van der Waals surface area contributed by atoms with E-state index in [9.17, 15) is 4.39 Å². The number of halogens is 1. The first-order valence-corrected chi connectivity index (χ1v) is 5.64.